The van der Waals surface area contributed by atoms with Crippen LogP contribution in [-0.4, -0.2) is 43.9 Å². The number of rotatable bonds is 2. The van der Waals surface area contributed by atoms with E-state index in [0.29, 0.717) is 24.5 Å². The zero-order valence-corrected chi connectivity index (χ0v) is 17.0. The van der Waals surface area contributed by atoms with E-state index in [1.807, 2.05) is 6.07 Å². The fourth-order valence-electron chi connectivity index (χ4n) is 2.52. The third kappa shape index (κ3) is 4.08. The van der Waals surface area contributed by atoms with E-state index in [4.69, 9.17) is 0 Å². The molecule has 2 heterocycles. The number of nitrogens with zero attached hydrogens (tertiary/aromatic N) is 2. The SMILES string of the molecule is II.O=S(=O)(c1cccc2cnccc12)N1CCCNCC1. The van der Waals surface area contributed by atoms with E-state index in [2.05, 4.69) is 47.5 Å². The van der Waals surface area contributed by atoms with Crippen molar-refractivity contribution in [3.63, 3.8) is 0 Å². The van der Waals surface area contributed by atoms with Crippen LogP contribution in [0.3, 0.4) is 0 Å². The summed E-state index contributed by atoms with van der Waals surface area (Å²) in [6.07, 6.45) is 4.16. The first-order valence-corrected chi connectivity index (χ1v) is 14.6. The zero-order chi connectivity index (χ0) is 16.0. The molecule has 1 aliphatic rings. The van der Waals surface area contributed by atoms with Gasteiger partial charge in [-0.25, -0.2) is 8.42 Å². The van der Waals surface area contributed by atoms with Gasteiger partial charge in [0.25, 0.3) is 0 Å². The van der Waals surface area contributed by atoms with E-state index in [0.717, 1.165) is 23.7 Å². The number of nitrogens with one attached hydrogen (secondary N) is 1. The van der Waals surface area contributed by atoms with Gasteiger partial charge in [-0.05, 0) is 25.1 Å². The van der Waals surface area contributed by atoms with Crippen LogP contribution in [0, 0.1) is 0 Å². The van der Waals surface area contributed by atoms with Crippen LogP contribution in [0.2, 0.25) is 0 Å². The second-order valence-electron chi connectivity index (χ2n) is 4.86. The Morgan fingerprint density at radius 2 is 1.95 bits per heavy atom. The molecule has 0 bridgehead atoms. The molecule has 5 nitrogen and oxygen atoms in total. The van der Waals surface area contributed by atoms with Crippen molar-refractivity contribution in [3.05, 3.63) is 36.7 Å². The van der Waals surface area contributed by atoms with E-state index in [9.17, 15) is 8.42 Å². The normalized spacial score (nSPS) is 16.6. The molecule has 0 aliphatic carbocycles. The highest BCUT2D eigenvalue weighted by molar-refractivity contribution is 15.0. The van der Waals surface area contributed by atoms with E-state index < -0.39 is 10.0 Å². The molecule has 3 rings (SSSR count). The number of fused-ring (bicyclic) bond motifs is 1. The van der Waals surface area contributed by atoms with Crippen molar-refractivity contribution < 1.29 is 8.42 Å². The fraction of sp³-hybridized carbons (Fsp3) is 0.357. The van der Waals surface area contributed by atoms with Crippen molar-refractivity contribution in [2.24, 2.45) is 0 Å². The van der Waals surface area contributed by atoms with Gasteiger partial charge in [0.2, 0.25) is 10.0 Å². The number of hydrogen-bond acceptors (Lipinski definition) is 4. The smallest absolute Gasteiger partial charge is 0.243 e. The number of pyridine rings is 1. The average Bonchev–Trinajstić information content (AvgIpc) is 2.86. The molecular weight excluding hydrogens is 528 g/mol. The van der Waals surface area contributed by atoms with E-state index in [-0.39, 0.29) is 0 Å². The van der Waals surface area contributed by atoms with Crippen LogP contribution >= 0.6 is 37.2 Å². The van der Waals surface area contributed by atoms with Crippen LogP contribution in [0.5, 0.6) is 0 Å². The summed E-state index contributed by atoms with van der Waals surface area (Å²) in [5.41, 5.74) is 0. The molecule has 1 aromatic heterocycles. The lowest BCUT2D eigenvalue weighted by Gasteiger charge is -2.20. The van der Waals surface area contributed by atoms with Gasteiger partial charge in [-0.3, -0.25) is 4.98 Å². The zero-order valence-electron chi connectivity index (χ0n) is 11.9. The van der Waals surface area contributed by atoms with Gasteiger partial charge in [-0.15, -0.1) is 0 Å². The number of benzene rings is 1. The Morgan fingerprint density at radius 3 is 2.77 bits per heavy atom. The van der Waals surface area contributed by atoms with Crippen LogP contribution in [0.25, 0.3) is 10.8 Å². The molecule has 1 aromatic carbocycles. The monoisotopic (exact) mass is 545 g/mol. The average molecular weight is 545 g/mol. The molecule has 8 heteroatoms. The van der Waals surface area contributed by atoms with Crippen LogP contribution in [-0.2, 0) is 10.0 Å². The Kier molecular flexibility index (Phi) is 7.25. The topological polar surface area (TPSA) is 62.3 Å². The molecule has 0 amide bonds. The highest BCUT2D eigenvalue weighted by Crippen LogP contribution is 2.25. The van der Waals surface area contributed by atoms with Crippen molar-refractivity contribution in [3.8, 4) is 0 Å². The molecule has 120 valence electrons. The van der Waals surface area contributed by atoms with Gasteiger partial charge >= 0.3 is 0 Å². The van der Waals surface area contributed by atoms with Crippen LogP contribution in [0.4, 0.5) is 0 Å². The van der Waals surface area contributed by atoms with E-state index >= 15 is 0 Å². The van der Waals surface area contributed by atoms with Crippen molar-refractivity contribution >= 4 is 58.0 Å². The Labute approximate surface area is 154 Å². The first-order valence-electron chi connectivity index (χ1n) is 6.87. The lowest BCUT2D eigenvalue weighted by Crippen LogP contribution is -2.34. The van der Waals surface area contributed by atoms with Crippen molar-refractivity contribution in [2.75, 3.05) is 26.2 Å². The highest BCUT2D eigenvalue weighted by Gasteiger charge is 2.26. The molecule has 22 heavy (non-hydrogen) atoms. The molecule has 1 saturated heterocycles. The summed E-state index contributed by atoms with van der Waals surface area (Å²) in [6, 6.07) is 7.09. The second-order valence-corrected chi connectivity index (χ2v) is 6.77. The maximum absolute atomic E-state index is 12.8. The summed E-state index contributed by atoms with van der Waals surface area (Å²) in [5, 5.41) is 4.81. The Balaban J connectivity index is 0.000000847. The van der Waals surface area contributed by atoms with Gasteiger partial charge in [-0.1, -0.05) is 12.1 Å². The quantitative estimate of drug-likeness (QED) is 0.590. The second kappa shape index (κ2) is 8.71. The van der Waals surface area contributed by atoms with Gasteiger partial charge in [0.15, 0.2) is 0 Å². The van der Waals surface area contributed by atoms with Gasteiger partial charge < -0.3 is 5.32 Å². The summed E-state index contributed by atoms with van der Waals surface area (Å²) in [6.45, 7) is 2.65. The third-order valence-corrected chi connectivity index (χ3v) is 5.51. The van der Waals surface area contributed by atoms with E-state index in [1.54, 1.807) is 34.9 Å². The van der Waals surface area contributed by atoms with Gasteiger partial charge in [0.1, 0.15) is 0 Å². The Morgan fingerprint density at radius 1 is 1.14 bits per heavy atom. The molecule has 0 radical (unpaired) electrons. The highest BCUT2D eigenvalue weighted by atomic mass is 128. The molecule has 1 aliphatic heterocycles. The predicted molar refractivity (Wildman–Crippen MR) is 106 cm³/mol. The number of sulfonamides is 1. The van der Waals surface area contributed by atoms with Crippen molar-refractivity contribution in [1.29, 1.82) is 0 Å². The third-order valence-electron chi connectivity index (χ3n) is 3.56. The van der Waals surface area contributed by atoms with Crippen LogP contribution < -0.4 is 5.32 Å². The van der Waals surface area contributed by atoms with Crippen molar-refractivity contribution in [1.82, 2.24) is 14.6 Å². The van der Waals surface area contributed by atoms with Crippen molar-refractivity contribution in [2.45, 2.75) is 11.3 Å². The molecule has 0 unspecified atom stereocenters. The predicted octanol–water partition coefficient (Wildman–Crippen LogP) is 2.99. The standard InChI is InChI=1S/C14H17N3O2S.I2/c18-20(19,17-9-2-6-15-8-10-17)14-4-1-3-12-11-16-7-5-13(12)14;1-2/h1,3-5,7,11,15H,2,6,8-10H2;. The lowest BCUT2D eigenvalue weighted by atomic mass is 10.2. The number of halogens is 2. The molecule has 0 saturated carbocycles. The Hall–Kier alpha value is -0.0400. The maximum Gasteiger partial charge on any atom is 0.243 e. The molecule has 0 atom stereocenters. The largest absolute Gasteiger partial charge is 0.315 e. The van der Waals surface area contributed by atoms with Gasteiger partial charge in [0, 0.05) is 80.0 Å². The minimum absolute atomic E-state index is 0.374. The molecule has 2 aromatic rings. The summed E-state index contributed by atoms with van der Waals surface area (Å²) < 4.78 is 27.2. The summed E-state index contributed by atoms with van der Waals surface area (Å²) in [5.74, 6) is 0. The molecule has 1 fully saturated rings. The first kappa shape index (κ1) is 18.3. The number of aromatic nitrogens is 1. The Bertz CT molecular complexity index is 712. The fourth-order valence-corrected chi connectivity index (χ4v) is 4.21. The van der Waals surface area contributed by atoms with Crippen LogP contribution in [0.15, 0.2) is 41.6 Å². The first-order chi connectivity index (χ1) is 10.7. The number of hydrogen-bond donors (Lipinski definition) is 1. The molecule has 0 spiro atoms. The molecule has 1 N–H and O–H groups in total. The lowest BCUT2D eigenvalue weighted by molar-refractivity contribution is 0.432. The summed E-state index contributed by atoms with van der Waals surface area (Å²) in [7, 11) is -3.45. The van der Waals surface area contributed by atoms with E-state index in [1.165, 1.54) is 0 Å². The summed E-state index contributed by atoms with van der Waals surface area (Å²) in [4.78, 5) is 4.42. The van der Waals surface area contributed by atoms with Gasteiger partial charge in [-0.2, -0.15) is 4.31 Å². The maximum atomic E-state index is 12.8. The minimum Gasteiger partial charge on any atom is -0.315 e. The minimum atomic E-state index is -3.45. The molecular formula is C14H17I2N3O2S. The summed E-state index contributed by atoms with van der Waals surface area (Å²) >= 11 is 4.24. The van der Waals surface area contributed by atoms with Crippen LogP contribution in [0.1, 0.15) is 6.42 Å². The van der Waals surface area contributed by atoms with Gasteiger partial charge in [0.05, 0.1) is 4.90 Å².